The molecule has 0 radical (unpaired) electrons. The number of sulfonamides is 1. The van der Waals surface area contributed by atoms with E-state index in [0.29, 0.717) is 54.1 Å². The van der Waals surface area contributed by atoms with Crippen LogP contribution in [0.25, 0.3) is 0 Å². The summed E-state index contributed by atoms with van der Waals surface area (Å²) in [5.41, 5.74) is 2.30. The van der Waals surface area contributed by atoms with Crippen molar-refractivity contribution in [3.63, 3.8) is 0 Å². The van der Waals surface area contributed by atoms with Crippen LogP contribution >= 0.6 is 23.1 Å². The molecule has 4 rings (SSSR count). The minimum Gasteiger partial charge on any atom is -0.379 e. The van der Waals surface area contributed by atoms with Gasteiger partial charge in [0.25, 0.3) is 5.91 Å². The van der Waals surface area contributed by atoms with Gasteiger partial charge < -0.3 is 15.4 Å². The second-order valence-electron chi connectivity index (χ2n) is 8.44. The molecule has 1 aromatic heterocycles. The Labute approximate surface area is 234 Å². The third-order valence-electron chi connectivity index (χ3n) is 5.47. The average Bonchev–Trinajstić information content (AvgIpc) is 3.37. The molecule has 11 nitrogen and oxygen atoms in total. The Kier molecular flexibility index (Phi) is 9.69. The lowest BCUT2D eigenvalue weighted by Crippen LogP contribution is -2.40. The van der Waals surface area contributed by atoms with Gasteiger partial charge in [-0.05, 0) is 48.5 Å². The molecule has 2 aromatic carbocycles. The van der Waals surface area contributed by atoms with Gasteiger partial charge >= 0.3 is 0 Å². The predicted molar refractivity (Wildman–Crippen MR) is 152 cm³/mol. The highest BCUT2D eigenvalue weighted by atomic mass is 32.2. The van der Waals surface area contributed by atoms with Crippen LogP contribution in [0.1, 0.15) is 23.0 Å². The number of aromatic nitrogens is 1. The van der Waals surface area contributed by atoms with Gasteiger partial charge in [-0.2, -0.15) is 4.31 Å². The van der Waals surface area contributed by atoms with Crippen LogP contribution in [0.2, 0.25) is 0 Å². The molecule has 2 heterocycles. The summed E-state index contributed by atoms with van der Waals surface area (Å²) in [6.45, 7) is 2.74. The Morgan fingerprint density at radius 3 is 2.26 bits per heavy atom. The molecule has 0 spiro atoms. The number of morpholine rings is 1. The highest BCUT2D eigenvalue weighted by Crippen LogP contribution is 2.22. The lowest BCUT2D eigenvalue weighted by atomic mass is 10.2. The van der Waals surface area contributed by atoms with Crippen molar-refractivity contribution >= 4 is 67.3 Å². The predicted octanol–water partition coefficient (Wildman–Crippen LogP) is 3.25. The van der Waals surface area contributed by atoms with E-state index in [1.807, 2.05) is 0 Å². The molecule has 14 heteroatoms. The van der Waals surface area contributed by atoms with Crippen molar-refractivity contribution in [2.45, 2.75) is 17.6 Å². The van der Waals surface area contributed by atoms with Crippen molar-refractivity contribution in [1.82, 2.24) is 9.29 Å². The number of thiazole rings is 1. The van der Waals surface area contributed by atoms with E-state index in [0.717, 1.165) is 5.69 Å². The number of amides is 3. The molecule has 39 heavy (non-hydrogen) atoms. The lowest BCUT2D eigenvalue weighted by Gasteiger charge is -2.26. The Morgan fingerprint density at radius 1 is 0.974 bits per heavy atom. The van der Waals surface area contributed by atoms with Crippen molar-refractivity contribution < 1.29 is 27.5 Å². The number of rotatable bonds is 10. The second-order valence-corrected chi connectivity index (χ2v) is 12.2. The third kappa shape index (κ3) is 8.10. The molecule has 206 valence electrons. The molecule has 1 aliphatic rings. The first-order valence-corrected chi connectivity index (χ1v) is 15.4. The van der Waals surface area contributed by atoms with Crippen molar-refractivity contribution in [2.75, 3.05) is 48.0 Å². The molecule has 1 aliphatic heterocycles. The highest BCUT2D eigenvalue weighted by molar-refractivity contribution is 7.99. The smallest absolute Gasteiger partial charge is 0.257 e. The van der Waals surface area contributed by atoms with Crippen LogP contribution < -0.4 is 16.0 Å². The van der Waals surface area contributed by atoms with Gasteiger partial charge in [0.15, 0.2) is 5.13 Å². The number of carbonyl (C=O) groups excluding carboxylic acids is 3. The van der Waals surface area contributed by atoms with Crippen LogP contribution in [-0.2, 0) is 30.1 Å². The number of benzene rings is 2. The first-order chi connectivity index (χ1) is 18.7. The summed E-state index contributed by atoms with van der Waals surface area (Å²) in [5.74, 6) is -0.0425. The molecular weight excluding hydrogens is 563 g/mol. The molecule has 3 aromatic rings. The Balaban J connectivity index is 1.23. The SMILES string of the molecule is CC(=O)Nc1ccc(NC(=O)CSCc2csc(NC(=O)c3ccc(S(=O)(=O)N4CCOCC4)cc3)n2)cc1. The van der Waals surface area contributed by atoms with Gasteiger partial charge in [-0.1, -0.05) is 0 Å². The maximum atomic E-state index is 12.7. The van der Waals surface area contributed by atoms with E-state index in [9.17, 15) is 22.8 Å². The average molecular weight is 590 g/mol. The fourth-order valence-corrected chi connectivity index (χ4v) is 6.54. The Hall–Kier alpha value is -3.30. The lowest BCUT2D eigenvalue weighted by molar-refractivity contribution is -0.114. The number of nitrogens with one attached hydrogen (secondary N) is 3. The normalized spacial score (nSPS) is 14.0. The molecule has 1 saturated heterocycles. The zero-order valence-electron chi connectivity index (χ0n) is 21.0. The van der Waals surface area contributed by atoms with Gasteiger partial charge in [0.2, 0.25) is 21.8 Å². The van der Waals surface area contributed by atoms with Crippen molar-refractivity contribution in [3.8, 4) is 0 Å². The van der Waals surface area contributed by atoms with E-state index < -0.39 is 15.9 Å². The number of carbonyl (C=O) groups is 3. The van der Waals surface area contributed by atoms with Crippen LogP contribution in [0.5, 0.6) is 0 Å². The zero-order chi connectivity index (χ0) is 27.8. The van der Waals surface area contributed by atoms with Gasteiger partial charge in [-0.25, -0.2) is 13.4 Å². The third-order valence-corrected chi connectivity index (χ3v) is 9.15. The fourth-order valence-electron chi connectivity index (χ4n) is 3.60. The standard InChI is InChI=1S/C25H27N5O6S3/c1-17(31)26-19-4-6-20(7-5-19)27-23(32)16-37-14-21-15-38-25(28-21)29-24(33)18-2-8-22(9-3-18)39(34,35)30-10-12-36-13-11-30/h2-9,15H,10-14,16H2,1H3,(H,26,31)(H,27,32)(H,28,29,33). The molecule has 1 fully saturated rings. The van der Waals surface area contributed by atoms with E-state index in [4.69, 9.17) is 4.74 Å². The highest BCUT2D eigenvalue weighted by Gasteiger charge is 2.26. The van der Waals surface area contributed by atoms with Crippen molar-refractivity contribution in [3.05, 3.63) is 65.2 Å². The molecule has 0 saturated carbocycles. The monoisotopic (exact) mass is 589 g/mol. The van der Waals surface area contributed by atoms with E-state index in [2.05, 4.69) is 20.9 Å². The summed E-state index contributed by atoms with van der Waals surface area (Å²) in [5, 5.41) is 10.4. The second kappa shape index (κ2) is 13.2. The summed E-state index contributed by atoms with van der Waals surface area (Å²) < 4.78 is 32.1. The summed E-state index contributed by atoms with van der Waals surface area (Å²) in [4.78, 5) is 40.5. The van der Waals surface area contributed by atoms with Crippen molar-refractivity contribution in [2.24, 2.45) is 0 Å². The molecule has 0 aliphatic carbocycles. The number of anilines is 3. The maximum Gasteiger partial charge on any atom is 0.257 e. The fraction of sp³-hybridized carbons (Fsp3) is 0.280. The van der Waals surface area contributed by atoms with E-state index >= 15 is 0 Å². The quantitative estimate of drug-likeness (QED) is 0.327. The van der Waals surface area contributed by atoms with Gasteiger partial charge in [0.05, 0.1) is 29.6 Å². The number of ether oxygens (including phenoxy) is 1. The molecule has 0 bridgehead atoms. The summed E-state index contributed by atoms with van der Waals surface area (Å²) in [7, 11) is -3.63. The molecule has 0 atom stereocenters. The van der Waals surface area contributed by atoms with Crippen LogP contribution in [0.15, 0.2) is 58.8 Å². The number of thioether (sulfide) groups is 1. The minimum atomic E-state index is -3.63. The van der Waals surface area contributed by atoms with E-state index in [-0.39, 0.29) is 22.5 Å². The van der Waals surface area contributed by atoms with Gasteiger partial charge in [-0.3, -0.25) is 19.7 Å². The van der Waals surface area contributed by atoms with Gasteiger partial charge in [-0.15, -0.1) is 23.1 Å². The first kappa shape index (κ1) is 28.7. The summed E-state index contributed by atoms with van der Waals surface area (Å²) in [6.07, 6.45) is 0. The molecule has 0 unspecified atom stereocenters. The first-order valence-electron chi connectivity index (χ1n) is 11.9. The topological polar surface area (TPSA) is 147 Å². The van der Waals surface area contributed by atoms with Crippen LogP contribution in [0.4, 0.5) is 16.5 Å². The summed E-state index contributed by atoms with van der Waals surface area (Å²) >= 11 is 2.65. The minimum absolute atomic E-state index is 0.126. The molecule has 3 N–H and O–H groups in total. The van der Waals surface area contributed by atoms with Crippen molar-refractivity contribution in [1.29, 1.82) is 0 Å². The van der Waals surface area contributed by atoms with Gasteiger partial charge in [0, 0.05) is 48.1 Å². The van der Waals surface area contributed by atoms with E-state index in [1.54, 1.807) is 29.6 Å². The zero-order valence-corrected chi connectivity index (χ0v) is 23.5. The van der Waals surface area contributed by atoms with Crippen LogP contribution in [0, 0.1) is 0 Å². The van der Waals surface area contributed by atoms with E-state index in [1.165, 1.54) is 58.6 Å². The Morgan fingerprint density at radius 2 is 1.62 bits per heavy atom. The van der Waals surface area contributed by atoms with Crippen LogP contribution in [-0.4, -0.2) is 67.5 Å². The number of nitrogens with zero attached hydrogens (tertiary/aromatic N) is 2. The molecule has 3 amide bonds. The summed E-state index contributed by atoms with van der Waals surface area (Å²) in [6, 6.07) is 12.6. The Bertz CT molecular complexity index is 1420. The molecular formula is C25H27N5O6S3. The maximum absolute atomic E-state index is 12.7. The van der Waals surface area contributed by atoms with Crippen LogP contribution in [0.3, 0.4) is 0 Å². The number of hydrogen-bond donors (Lipinski definition) is 3. The number of hydrogen-bond acceptors (Lipinski definition) is 9. The largest absolute Gasteiger partial charge is 0.379 e. The van der Waals surface area contributed by atoms with Gasteiger partial charge in [0.1, 0.15) is 0 Å².